The predicted octanol–water partition coefficient (Wildman–Crippen LogP) is 4.96. The first kappa shape index (κ1) is 19.8. The van der Waals surface area contributed by atoms with Crippen molar-refractivity contribution in [2.45, 2.75) is 26.9 Å². The van der Waals surface area contributed by atoms with Crippen LogP contribution in [0.3, 0.4) is 0 Å². The molecule has 0 saturated carbocycles. The van der Waals surface area contributed by atoms with Crippen molar-refractivity contribution in [1.29, 1.82) is 0 Å². The molecule has 1 amide bonds. The molecule has 0 unspecified atom stereocenters. The van der Waals surface area contributed by atoms with E-state index in [4.69, 9.17) is 0 Å². The zero-order valence-corrected chi connectivity index (χ0v) is 17.3. The summed E-state index contributed by atoms with van der Waals surface area (Å²) in [4.78, 5) is 18.2. The van der Waals surface area contributed by atoms with Crippen LogP contribution in [0, 0.1) is 5.82 Å². The number of halogens is 1. The molecule has 0 atom stereocenters. The molecule has 0 spiro atoms. The first-order valence-corrected chi connectivity index (χ1v) is 10.0. The maximum absolute atomic E-state index is 14.8. The van der Waals surface area contributed by atoms with Gasteiger partial charge < -0.3 is 4.90 Å². The Balaban J connectivity index is 0.00000106. The SMILES string of the molecule is CC.Cn1ncc2ccc(-c3ccc(CN4Cc5cccnc5C4=O)c(F)c3)cc21. The number of fused-ring (bicyclic) bond motifs is 2. The first-order valence-electron chi connectivity index (χ1n) is 10.0. The summed E-state index contributed by atoms with van der Waals surface area (Å²) in [5.41, 5.74) is 4.55. The van der Waals surface area contributed by atoms with Gasteiger partial charge >= 0.3 is 0 Å². The van der Waals surface area contributed by atoms with Crippen molar-refractivity contribution in [3.63, 3.8) is 0 Å². The van der Waals surface area contributed by atoms with Gasteiger partial charge in [-0.3, -0.25) is 14.5 Å². The summed E-state index contributed by atoms with van der Waals surface area (Å²) in [6, 6.07) is 14.8. The predicted molar refractivity (Wildman–Crippen MR) is 115 cm³/mol. The van der Waals surface area contributed by atoms with E-state index in [9.17, 15) is 9.18 Å². The van der Waals surface area contributed by atoms with Crippen molar-refractivity contribution in [2.75, 3.05) is 0 Å². The van der Waals surface area contributed by atoms with Gasteiger partial charge in [0.15, 0.2) is 0 Å². The number of amides is 1. The zero-order valence-electron chi connectivity index (χ0n) is 17.3. The molecule has 0 bridgehead atoms. The summed E-state index contributed by atoms with van der Waals surface area (Å²) in [6.45, 7) is 4.68. The number of rotatable bonds is 3. The molecule has 152 valence electrons. The molecule has 4 aromatic rings. The Bertz CT molecular complexity index is 1230. The fraction of sp³-hybridized carbons (Fsp3) is 0.208. The molecular formula is C24H23FN4O. The van der Waals surface area contributed by atoms with Gasteiger partial charge in [0, 0.05) is 42.8 Å². The highest BCUT2D eigenvalue weighted by Crippen LogP contribution is 2.28. The van der Waals surface area contributed by atoms with Crippen LogP contribution in [0.25, 0.3) is 22.0 Å². The van der Waals surface area contributed by atoms with Gasteiger partial charge in [-0.2, -0.15) is 5.10 Å². The second-order valence-corrected chi connectivity index (χ2v) is 7.02. The fourth-order valence-corrected chi connectivity index (χ4v) is 3.70. The van der Waals surface area contributed by atoms with Crippen LogP contribution in [0.5, 0.6) is 0 Å². The third kappa shape index (κ3) is 3.45. The van der Waals surface area contributed by atoms with Crippen molar-refractivity contribution < 1.29 is 9.18 Å². The molecule has 2 aromatic heterocycles. The lowest BCUT2D eigenvalue weighted by Gasteiger charge is -2.16. The minimum Gasteiger partial charge on any atom is -0.328 e. The lowest BCUT2D eigenvalue weighted by molar-refractivity contribution is 0.0761. The minimum atomic E-state index is -0.320. The van der Waals surface area contributed by atoms with Crippen LogP contribution in [-0.4, -0.2) is 25.6 Å². The molecule has 1 aliphatic rings. The van der Waals surface area contributed by atoms with E-state index in [1.54, 1.807) is 21.8 Å². The van der Waals surface area contributed by atoms with Crippen molar-refractivity contribution in [2.24, 2.45) is 7.05 Å². The van der Waals surface area contributed by atoms with Crippen LogP contribution in [0.15, 0.2) is 60.9 Å². The van der Waals surface area contributed by atoms with Gasteiger partial charge in [0.25, 0.3) is 5.91 Å². The highest BCUT2D eigenvalue weighted by molar-refractivity contribution is 5.96. The van der Waals surface area contributed by atoms with E-state index >= 15 is 0 Å². The second kappa shape index (κ2) is 8.06. The number of pyridine rings is 1. The molecule has 30 heavy (non-hydrogen) atoms. The number of carbonyl (C=O) groups excluding carboxylic acids is 1. The number of carbonyl (C=O) groups is 1. The quantitative estimate of drug-likeness (QED) is 0.487. The summed E-state index contributed by atoms with van der Waals surface area (Å²) >= 11 is 0. The van der Waals surface area contributed by atoms with Crippen LogP contribution in [0.2, 0.25) is 0 Å². The van der Waals surface area contributed by atoms with Crippen molar-refractivity contribution in [1.82, 2.24) is 19.7 Å². The topological polar surface area (TPSA) is 51.0 Å². The summed E-state index contributed by atoms with van der Waals surface area (Å²) < 4.78 is 16.6. The molecule has 5 nitrogen and oxygen atoms in total. The fourth-order valence-electron chi connectivity index (χ4n) is 3.70. The van der Waals surface area contributed by atoms with E-state index in [0.717, 1.165) is 27.6 Å². The summed E-state index contributed by atoms with van der Waals surface area (Å²) in [5, 5.41) is 5.29. The van der Waals surface area contributed by atoms with Crippen molar-refractivity contribution >= 4 is 16.8 Å². The minimum absolute atomic E-state index is 0.152. The largest absolute Gasteiger partial charge is 0.328 e. The molecule has 0 radical (unpaired) electrons. The third-order valence-electron chi connectivity index (χ3n) is 5.24. The Morgan fingerprint density at radius 3 is 2.60 bits per heavy atom. The Morgan fingerprint density at radius 2 is 1.83 bits per heavy atom. The Hall–Kier alpha value is -3.54. The molecule has 1 aliphatic heterocycles. The van der Waals surface area contributed by atoms with Crippen LogP contribution in [-0.2, 0) is 20.1 Å². The number of nitrogens with zero attached hydrogens (tertiary/aromatic N) is 4. The van der Waals surface area contributed by atoms with Crippen LogP contribution >= 0.6 is 0 Å². The maximum atomic E-state index is 14.8. The van der Waals surface area contributed by atoms with E-state index in [-0.39, 0.29) is 18.3 Å². The average molecular weight is 402 g/mol. The third-order valence-corrected chi connectivity index (χ3v) is 5.24. The van der Waals surface area contributed by atoms with Crippen molar-refractivity contribution in [3.05, 3.63) is 83.6 Å². The van der Waals surface area contributed by atoms with E-state index in [1.165, 1.54) is 6.07 Å². The summed E-state index contributed by atoms with van der Waals surface area (Å²) in [5.74, 6) is -0.472. The smallest absolute Gasteiger partial charge is 0.273 e. The van der Waals surface area contributed by atoms with Gasteiger partial charge in [-0.05, 0) is 29.3 Å². The van der Waals surface area contributed by atoms with Crippen LogP contribution in [0.4, 0.5) is 4.39 Å². The number of aryl methyl sites for hydroxylation is 1. The normalized spacial score (nSPS) is 12.7. The van der Waals surface area contributed by atoms with E-state index in [0.29, 0.717) is 17.8 Å². The van der Waals surface area contributed by atoms with E-state index in [2.05, 4.69) is 10.1 Å². The highest BCUT2D eigenvalue weighted by atomic mass is 19.1. The summed E-state index contributed by atoms with van der Waals surface area (Å²) in [7, 11) is 1.88. The van der Waals surface area contributed by atoms with Crippen LogP contribution in [0.1, 0.15) is 35.5 Å². The Morgan fingerprint density at radius 1 is 1.07 bits per heavy atom. The lowest BCUT2D eigenvalue weighted by atomic mass is 10.0. The number of hydrogen-bond acceptors (Lipinski definition) is 3. The molecule has 2 aromatic carbocycles. The molecule has 6 heteroatoms. The average Bonchev–Trinajstić information content (AvgIpc) is 3.31. The first-order chi connectivity index (χ1) is 14.6. The molecule has 5 rings (SSSR count). The maximum Gasteiger partial charge on any atom is 0.273 e. The highest BCUT2D eigenvalue weighted by Gasteiger charge is 2.28. The number of benzene rings is 2. The molecule has 3 heterocycles. The standard InChI is InChI=1S/C22H17FN4O.C2H6/c1-26-20-10-15(4-6-16(20)11-25-26)14-5-7-17(19(23)9-14)12-27-13-18-3-2-8-24-21(18)22(27)28;1-2/h2-11H,12-13H2,1H3;1-2H3. The summed E-state index contributed by atoms with van der Waals surface area (Å²) in [6.07, 6.45) is 3.41. The van der Waals surface area contributed by atoms with Gasteiger partial charge in [0.2, 0.25) is 0 Å². The van der Waals surface area contributed by atoms with Crippen LogP contribution < -0.4 is 0 Å². The van der Waals surface area contributed by atoms with Crippen molar-refractivity contribution in [3.8, 4) is 11.1 Å². The zero-order chi connectivity index (χ0) is 21.3. The lowest BCUT2D eigenvalue weighted by Crippen LogP contribution is -2.24. The molecule has 0 N–H and O–H groups in total. The van der Waals surface area contributed by atoms with Gasteiger partial charge in [0.1, 0.15) is 11.5 Å². The van der Waals surface area contributed by atoms with E-state index < -0.39 is 0 Å². The molecule has 0 saturated heterocycles. The Labute approximate surface area is 174 Å². The van der Waals surface area contributed by atoms with Gasteiger partial charge in [-0.15, -0.1) is 0 Å². The number of hydrogen-bond donors (Lipinski definition) is 0. The molecule has 0 fully saturated rings. The molecular weight excluding hydrogens is 379 g/mol. The van der Waals surface area contributed by atoms with Gasteiger partial charge in [-0.25, -0.2) is 4.39 Å². The molecule has 0 aliphatic carbocycles. The van der Waals surface area contributed by atoms with E-state index in [1.807, 2.05) is 63.5 Å². The second-order valence-electron chi connectivity index (χ2n) is 7.02. The monoisotopic (exact) mass is 402 g/mol. The van der Waals surface area contributed by atoms with Gasteiger partial charge in [-0.1, -0.05) is 44.2 Å². The van der Waals surface area contributed by atoms with Gasteiger partial charge in [0.05, 0.1) is 11.7 Å². The number of aromatic nitrogens is 3. The Kier molecular flexibility index (Phi) is 5.31.